The fraction of sp³-hybridized carbons (Fsp3) is 0.214. The van der Waals surface area contributed by atoms with Crippen molar-refractivity contribution in [1.29, 1.82) is 0 Å². The topological polar surface area (TPSA) is 82.6 Å². The highest BCUT2D eigenvalue weighted by atomic mass is 15.2. The minimum Gasteiger partial charge on any atom is -0.343 e. The number of H-pyrrole nitrogens is 1. The van der Waals surface area contributed by atoms with Gasteiger partial charge in [0.05, 0.1) is 34.6 Å². The van der Waals surface area contributed by atoms with Crippen LogP contribution in [0.15, 0.2) is 73.3 Å². The molecular formula is C28H27N7. The second-order valence-corrected chi connectivity index (χ2v) is 8.99. The molecule has 7 nitrogen and oxygen atoms in total. The number of pyridine rings is 3. The number of aryl methyl sites for hydroxylation is 1. The molecule has 1 saturated heterocycles. The van der Waals surface area contributed by atoms with Crippen LogP contribution in [0.2, 0.25) is 0 Å². The molecule has 0 atom stereocenters. The van der Waals surface area contributed by atoms with E-state index in [9.17, 15) is 0 Å². The minimum absolute atomic E-state index is 0.884. The summed E-state index contributed by atoms with van der Waals surface area (Å²) in [6.45, 7) is 7.11. The summed E-state index contributed by atoms with van der Waals surface area (Å²) in [7, 11) is 0. The predicted octanol–water partition coefficient (Wildman–Crippen LogP) is 4.46. The van der Waals surface area contributed by atoms with Gasteiger partial charge in [0.15, 0.2) is 0 Å². The van der Waals surface area contributed by atoms with Gasteiger partial charge < -0.3 is 10.3 Å². The Labute approximate surface area is 204 Å². The third kappa shape index (κ3) is 4.56. The summed E-state index contributed by atoms with van der Waals surface area (Å²) in [5, 5.41) is 4.46. The van der Waals surface area contributed by atoms with E-state index >= 15 is 0 Å². The van der Waals surface area contributed by atoms with Crippen molar-refractivity contribution in [3.8, 4) is 33.8 Å². The van der Waals surface area contributed by atoms with Crippen LogP contribution in [0.1, 0.15) is 11.4 Å². The van der Waals surface area contributed by atoms with Crippen molar-refractivity contribution < 1.29 is 0 Å². The van der Waals surface area contributed by atoms with E-state index in [2.05, 4.69) is 55.5 Å². The molecule has 6 rings (SSSR count). The molecular weight excluding hydrogens is 434 g/mol. The van der Waals surface area contributed by atoms with Crippen molar-refractivity contribution in [2.24, 2.45) is 0 Å². The molecule has 35 heavy (non-hydrogen) atoms. The smallest absolute Gasteiger partial charge is 0.0977 e. The first-order chi connectivity index (χ1) is 17.2. The monoisotopic (exact) mass is 461 g/mol. The highest BCUT2D eigenvalue weighted by Gasteiger charge is 2.14. The first kappa shape index (κ1) is 21.6. The van der Waals surface area contributed by atoms with Crippen LogP contribution in [-0.4, -0.2) is 56.0 Å². The number of fused-ring (bicyclic) bond motifs is 1. The summed E-state index contributed by atoms with van der Waals surface area (Å²) in [4.78, 5) is 24.4. The molecule has 2 N–H and O–H groups in total. The lowest BCUT2D eigenvalue weighted by Crippen LogP contribution is -2.43. The maximum atomic E-state index is 4.73. The molecule has 0 saturated carbocycles. The molecule has 0 radical (unpaired) electrons. The van der Waals surface area contributed by atoms with Gasteiger partial charge in [-0.3, -0.25) is 19.9 Å². The van der Waals surface area contributed by atoms with Crippen molar-refractivity contribution in [3.63, 3.8) is 0 Å². The van der Waals surface area contributed by atoms with Gasteiger partial charge >= 0.3 is 0 Å². The number of hydrogen-bond acceptors (Lipinski definition) is 6. The van der Waals surface area contributed by atoms with Crippen LogP contribution in [0.3, 0.4) is 0 Å². The van der Waals surface area contributed by atoms with Gasteiger partial charge in [-0.15, -0.1) is 0 Å². The van der Waals surface area contributed by atoms with Crippen LogP contribution in [0.25, 0.3) is 44.7 Å². The van der Waals surface area contributed by atoms with Crippen molar-refractivity contribution in [1.82, 2.24) is 35.1 Å². The molecule has 5 heterocycles. The van der Waals surface area contributed by atoms with Gasteiger partial charge in [0.1, 0.15) is 0 Å². The standard InChI is InChI=1S/C28H27N7/c1-19-3-2-4-26(34-19)28-27(32-18-33-28)20-6-8-25-22(13-20)14-23(16-31-25)21-5-7-24(30-15-21)17-35-11-9-29-10-12-35/h2-8,13-16,18,29H,9-12,17H2,1H3,(H,32,33). The molecule has 1 aromatic carbocycles. The van der Waals surface area contributed by atoms with Crippen LogP contribution in [0.4, 0.5) is 0 Å². The number of benzene rings is 1. The second kappa shape index (κ2) is 9.37. The lowest BCUT2D eigenvalue weighted by molar-refractivity contribution is 0.231. The van der Waals surface area contributed by atoms with E-state index in [4.69, 9.17) is 9.97 Å². The van der Waals surface area contributed by atoms with Crippen LogP contribution < -0.4 is 5.32 Å². The summed E-state index contributed by atoms with van der Waals surface area (Å²) < 4.78 is 0. The Bertz CT molecular complexity index is 1470. The first-order valence-electron chi connectivity index (χ1n) is 12.0. The van der Waals surface area contributed by atoms with E-state index in [0.29, 0.717) is 0 Å². The summed E-state index contributed by atoms with van der Waals surface area (Å²) in [6.07, 6.45) is 5.60. The number of aromatic amines is 1. The van der Waals surface area contributed by atoms with Crippen LogP contribution in [0.5, 0.6) is 0 Å². The van der Waals surface area contributed by atoms with Crippen molar-refractivity contribution in [3.05, 3.63) is 84.7 Å². The quantitative estimate of drug-likeness (QED) is 0.402. The number of rotatable bonds is 5. The average molecular weight is 462 g/mol. The minimum atomic E-state index is 0.884. The Morgan fingerprint density at radius 3 is 2.51 bits per heavy atom. The third-order valence-corrected chi connectivity index (χ3v) is 6.49. The number of nitrogens with zero attached hydrogens (tertiary/aromatic N) is 5. The summed E-state index contributed by atoms with van der Waals surface area (Å²) in [5.74, 6) is 0. The fourth-order valence-electron chi connectivity index (χ4n) is 4.61. The maximum Gasteiger partial charge on any atom is 0.0977 e. The highest BCUT2D eigenvalue weighted by molar-refractivity contribution is 5.89. The van der Waals surface area contributed by atoms with Crippen molar-refractivity contribution in [2.75, 3.05) is 26.2 Å². The lowest BCUT2D eigenvalue weighted by Gasteiger charge is -2.26. The molecule has 0 aliphatic carbocycles. The number of aromatic nitrogens is 5. The zero-order chi connectivity index (χ0) is 23.6. The van der Waals surface area contributed by atoms with Crippen LogP contribution in [0, 0.1) is 6.92 Å². The van der Waals surface area contributed by atoms with Gasteiger partial charge in [0.2, 0.25) is 0 Å². The first-order valence-corrected chi connectivity index (χ1v) is 12.0. The van der Waals surface area contributed by atoms with E-state index in [0.717, 1.165) is 88.8 Å². The highest BCUT2D eigenvalue weighted by Crippen LogP contribution is 2.31. The van der Waals surface area contributed by atoms with Gasteiger partial charge in [0.25, 0.3) is 0 Å². The molecule has 7 heteroatoms. The van der Waals surface area contributed by atoms with Crippen molar-refractivity contribution >= 4 is 10.9 Å². The Balaban J connectivity index is 1.29. The molecule has 5 aromatic rings. The average Bonchev–Trinajstić information content (AvgIpc) is 3.39. The number of imidazole rings is 1. The predicted molar refractivity (Wildman–Crippen MR) is 139 cm³/mol. The van der Waals surface area contributed by atoms with Gasteiger partial charge in [-0.25, -0.2) is 4.98 Å². The molecule has 0 bridgehead atoms. The van der Waals surface area contributed by atoms with E-state index in [1.54, 1.807) is 6.33 Å². The summed E-state index contributed by atoms with van der Waals surface area (Å²) in [6, 6.07) is 18.7. The molecule has 1 aliphatic heterocycles. The normalized spacial score (nSPS) is 14.4. The Hall–Kier alpha value is -3.94. The van der Waals surface area contributed by atoms with E-state index in [1.165, 1.54) is 0 Å². The van der Waals surface area contributed by atoms with E-state index in [-0.39, 0.29) is 0 Å². The van der Waals surface area contributed by atoms with Gasteiger partial charge in [-0.1, -0.05) is 18.2 Å². The third-order valence-electron chi connectivity index (χ3n) is 6.49. The Morgan fingerprint density at radius 2 is 1.69 bits per heavy atom. The van der Waals surface area contributed by atoms with E-state index < -0.39 is 0 Å². The SMILES string of the molecule is Cc1cccc(-c2[nH]cnc2-c2ccc3ncc(-c4ccc(CN5CCNCC5)nc4)cc3c2)n1. The molecule has 0 amide bonds. The van der Waals surface area contributed by atoms with Crippen LogP contribution in [-0.2, 0) is 6.54 Å². The maximum absolute atomic E-state index is 4.73. The zero-order valence-electron chi connectivity index (χ0n) is 19.7. The molecule has 1 aliphatic rings. The number of hydrogen-bond donors (Lipinski definition) is 2. The largest absolute Gasteiger partial charge is 0.343 e. The lowest BCUT2D eigenvalue weighted by atomic mass is 10.0. The molecule has 0 unspecified atom stereocenters. The number of piperazine rings is 1. The second-order valence-electron chi connectivity index (χ2n) is 8.99. The summed E-state index contributed by atoms with van der Waals surface area (Å²) >= 11 is 0. The molecule has 174 valence electrons. The van der Waals surface area contributed by atoms with Crippen molar-refractivity contribution in [2.45, 2.75) is 13.5 Å². The molecule has 0 spiro atoms. The zero-order valence-corrected chi connectivity index (χ0v) is 19.7. The number of nitrogens with one attached hydrogen (secondary N) is 2. The van der Waals surface area contributed by atoms with E-state index in [1.807, 2.05) is 43.6 Å². The Kier molecular flexibility index (Phi) is 5.78. The summed E-state index contributed by atoms with van der Waals surface area (Å²) in [5.41, 5.74) is 8.86. The van der Waals surface area contributed by atoms with Crippen LogP contribution >= 0.6 is 0 Å². The van der Waals surface area contributed by atoms with Gasteiger partial charge in [0, 0.05) is 72.9 Å². The van der Waals surface area contributed by atoms with Gasteiger partial charge in [-0.2, -0.15) is 0 Å². The van der Waals surface area contributed by atoms with Gasteiger partial charge in [-0.05, 0) is 43.3 Å². The fourth-order valence-corrected chi connectivity index (χ4v) is 4.61. The molecule has 1 fully saturated rings. The molecule has 4 aromatic heterocycles. The Morgan fingerprint density at radius 1 is 0.857 bits per heavy atom.